The van der Waals surface area contributed by atoms with Gasteiger partial charge >= 0.3 is 0 Å². The summed E-state index contributed by atoms with van der Waals surface area (Å²) in [6.45, 7) is 18.5. The predicted octanol–water partition coefficient (Wildman–Crippen LogP) is 6.41. The zero-order chi connectivity index (χ0) is 70.4. The van der Waals surface area contributed by atoms with E-state index in [2.05, 4.69) is 85.1 Å². The summed E-state index contributed by atoms with van der Waals surface area (Å²) in [5.41, 5.74) is 0. The van der Waals surface area contributed by atoms with Gasteiger partial charge in [-0.15, -0.1) is 0 Å². The van der Waals surface area contributed by atoms with Gasteiger partial charge in [0.1, 0.15) is 18.7 Å². The average molecular weight is 1470 g/mol. The first kappa shape index (κ1) is 78.1. The highest BCUT2D eigenvalue weighted by Gasteiger charge is 2.40. The molecule has 0 aromatic heterocycles. The smallest absolute Gasteiger partial charge is 0.110 e. The summed E-state index contributed by atoms with van der Waals surface area (Å²) < 4.78 is 26.1. The molecule has 22 atom stereocenters. The monoisotopic (exact) mass is 1470 g/mol. The summed E-state index contributed by atoms with van der Waals surface area (Å²) >= 11 is 0. The van der Waals surface area contributed by atoms with Gasteiger partial charge in [-0.25, -0.2) is 0 Å². The summed E-state index contributed by atoms with van der Waals surface area (Å²) in [5.74, 6) is 8.39. The van der Waals surface area contributed by atoms with E-state index in [0.29, 0.717) is 43.0 Å². The summed E-state index contributed by atoms with van der Waals surface area (Å²) in [5, 5.41) is 54.2. The Morgan fingerprint density at radius 2 is 0.657 bits per heavy atom. The lowest BCUT2D eigenvalue weighted by atomic mass is 9.72. The summed E-state index contributed by atoms with van der Waals surface area (Å²) in [6, 6.07) is 14.8. The second-order valence-corrected chi connectivity index (χ2v) is 38.8. The molecule has 16 N–H and O–H groups in total. The number of nitrogens with one attached hydrogen (secondary N) is 16. The van der Waals surface area contributed by atoms with Crippen LogP contribution in [-0.4, -0.2) is 239 Å². The number of ether oxygens (including phenoxy) is 5. The van der Waals surface area contributed by atoms with Crippen molar-refractivity contribution >= 4 is 0 Å². The van der Waals surface area contributed by atoms with Crippen molar-refractivity contribution in [3.8, 4) is 0 Å². The van der Waals surface area contributed by atoms with Crippen LogP contribution in [0.2, 0.25) is 0 Å². The minimum atomic E-state index is 0.421. The third kappa shape index (κ3) is 24.1. The molecule has 0 aromatic carbocycles. The van der Waals surface area contributed by atoms with E-state index in [-0.39, 0.29) is 0 Å². The highest BCUT2D eigenvalue weighted by atomic mass is 16.5. The quantitative estimate of drug-likeness (QED) is 0.125. The van der Waals surface area contributed by atoms with E-state index >= 15 is 0 Å². The normalized spacial score (nSPS) is 48.0. The lowest BCUT2D eigenvalue weighted by Gasteiger charge is -2.42. The van der Waals surface area contributed by atoms with Crippen molar-refractivity contribution in [3.63, 3.8) is 0 Å². The van der Waals surface area contributed by atoms with E-state index < -0.39 is 0 Å². The maximum absolute atomic E-state index is 5.26. The molecule has 10 aliphatic carbocycles. The van der Waals surface area contributed by atoms with E-state index in [1.165, 1.54) is 309 Å². The van der Waals surface area contributed by atoms with Crippen molar-refractivity contribution in [2.45, 2.75) is 378 Å². The number of piperazine rings is 1. The second kappa shape index (κ2) is 40.0. The van der Waals surface area contributed by atoms with Crippen LogP contribution in [0.4, 0.5) is 0 Å². The van der Waals surface area contributed by atoms with Gasteiger partial charge in [0, 0.05) is 135 Å². The molecule has 30 bridgehead atoms. The molecule has 105 heavy (non-hydrogen) atoms. The largest absolute Gasteiger partial charge is 0.378 e. The highest BCUT2D eigenvalue weighted by molar-refractivity contribution is 4.99. The molecule has 0 amide bonds. The van der Waals surface area contributed by atoms with Gasteiger partial charge in [0.2, 0.25) is 0 Å². The lowest BCUT2D eigenvalue weighted by molar-refractivity contribution is -0.166. The first-order valence-electron chi connectivity index (χ1n) is 45.7. The van der Waals surface area contributed by atoms with Crippen LogP contribution in [0.5, 0.6) is 0 Å². The number of morpholine rings is 1. The van der Waals surface area contributed by atoms with Crippen LogP contribution in [-0.2, 0) is 23.7 Å². The topological polar surface area (TPSA) is 239 Å². The number of piperidine rings is 13. The number of fused-ring (bicyclic) bond motifs is 30. The molecule has 21 heteroatoms. The van der Waals surface area contributed by atoms with Gasteiger partial charge in [-0.3, -0.25) is 21.3 Å². The molecule has 30 aliphatic heterocycles. The molecule has 40 rings (SSSR count). The molecule has 0 aromatic rings. The van der Waals surface area contributed by atoms with Crippen molar-refractivity contribution in [2.75, 3.05) is 105 Å². The van der Waals surface area contributed by atoms with Crippen LogP contribution in [0.15, 0.2) is 0 Å². The standard InChI is InChI=1S/9C6H11N.C5H10N2.5C5H9NO/c1-5-2-6(1)4-7-3-5;2*1-2-7-6-3-5(1)4-6;3*1-2-6-3-5(1)4-7-6;3*1-2-5-4-6(3-1)7-5;1-4-2-6-5(1)3-7-4;1-4-2-7-3-5(1)6-4;1-4-2-5(1)7-3-6-4;1-4-2-6-5(1)7-3-4;1-2-7-5-3-4(1)6-5;1-2-6-5-3-4(1)7-5/h9*5-7H,1-4H2;4-7H,1-3H2;5*4-6H,1-3H2. The molecule has 30 heterocycles. The zero-order valence-electron chi connectivity index (χ0n) is 65.5. The molecule has 10 saturated carbocycles. The van der Waals surface area contributed by atoms with Gasteiger partial charge in [0.25, 0.3) is 0 Å². The van der Waals surface area contributed by atoms with Crippen LogP contribution < -0.4 is 85.1 Å². The Morgan fingerprint density at radius 3 is 0.752 bits per heavy atom. The molecule has 22 unspecified atom stereocenters. The number of hydrogen-bond acceptors (Lipinski definition) is 21. The SMILES string of the molecule is C1CC2CC(C1)N2.C1CC2CC(C1)N2.C1CC2CC(C1)N2.C1CC2CC(C2)N1.C1CC2CC(C2)N1.C1CC2CC(N1)O2.C1CC2CC(N2)O1.C1CC2CC1CN2.C1CC2CC1CN2.C1CC2CC1CN2.C1NC2CC(C2)O1.C1NC2CC1CO2.C1NC2CNC1C2.C1NCC2CC1C2.C1OCC2CC1N2. The Hall–Kier alpha value is -0.840. The molecule has 40 aliphatic rings. The fourth-order valence-electron chi connectivity index (χ4n) is 22.7. The van der Waals surface area contributed by atoms with Crippen LogP contribution in [0, 0.1) is 47.3 Å². The van der Waals surface area contributed by atoms with E-state index in [1.807, 2.05) is 0 Å². The maximum atomic E-state index is 5.26. The minimum absolute atomic E-state index is 0.421. The Labute approximate surface area is 635 Å². The first-order valence-corrected chi connectivity index (χ1v) is 45.7. The van der Waals surface area contributed by atoms with E-state index in [1.54, 1.807) is 0 Å². The van der Waals surface area contributed by atoms with Crippen LogP contribution in [0.1, 0.15) is 244 Å². The average Bonchev–Trinajstić information content (AvgIpc) is 1.75. The third-order valence-corrected chi connectivity index (χ3v) is 30.2. The van der Waals surface area contributed by atoms with Crippen molar-refractivity contribution in [3.05, 3.63) is 0 Å². The predicted molar refractivity (Wildman–Crippen MR) is 420 cm³/mol. The molecule has 30 saturated heterocycles. The van der Waals surface area contributed by atoms with Crippen LogP contribution in [0.3, 0.4) is 0 Å². The Morgan fingerprint density at radius 1 is 0.210 bits per heavy atom. The molecule has 21 nitrogen and oxygen atoms in total. The van der Waals surface area contributed by atoms with Crippen LogP contribution >= 0.6 is 0 Å². The number of rotatable bonds is 0. The molecular weight excluding hydrogens is 1310 g/mol. The Balaban J connectivity index is 0.0000000864. The third-order valence-electron chi connectivity index (χ3n) is 30.2. The number of hydrogen-bond donors (Lipinski definition) is 16. The van der Waals surface area contributed by atoms with Crippen molar-refractivity contribution in [2.24, 2.45) is 47.3 Å². The van der Waals surface area contributed by atoms with Crippen LogP contribution in [0.25, 0.3) is 0 Å². The van der Waals surface area contributed by atoms with Crippen molar-refractivity contribution in [1.29, 1.82) is 0 Å². The zero-order valence-corrected chi connectivity index (χ0v) is 65.5. The fraction of sp³-hybridized carbons (Fsp3) is 1.00. The van der Waals surface area contributed by atoms with E-state index in [4.69, 9.17) is 23.7 Å². The van der Waals surface area contributed by atoms with Gasteiger partial charge in [0.05, 0.1) is 45.4 Å². The van der Waals surface area contributed by atoms with Gasteiger partial charge < -0.3 is 87.5 Å². The highest BCUT2D eigenvalue weighted by Crippen LogP contribution is 2.38. The van der Waals surface area contributed by atoms with Gasteiger partial charge in [-0.05, 0) is 312 Å². The molecular formula is C84H154N16O5. The molecule has 600 valence electrons. The molecule has 0 radical (unpaired) electrons. The first-order chi connectivity index (χ1) is 51.7. The summed E-state index contributed by atoms with van der Waals surface area (Å²) in [6.07, 6.45) is 56.5. The van der Waals surface area contributed by atoms with Gasteiger partial charge in [-0.2, -0.15) is 0 Å². The summed E-state index contributed by atoms with van der Waals surface area (Å²) in [4.78, 5) is 0. The van der Waals surface area contributed by atoms with E-state index in [0.717, 1.165) is 178 Å². The summed E-state index contributed by atoms with van der Waals surface area (Å²) in [7, 11) is 0. The van der Waals surface area contributed by atoms with Gasteiger partial charge in [-0.1, -0.05) is 19.3 Å². The maximum Gasteiger partial charge on any atom is 0.110 e. The second-order valence-electron chi connectivity index (χ2n) is 38.8. The van der Waals surface area contributed by atoms with Crippen molar-refractivity contribution in [1.82, 2.24) is 85.1 Å². The Kier molecular flexibility index (Phi) is 29.7. The Bertz CT molecular complexity index is 1750. The fourth-order valence-corrected chi connectivity index (χ4v) is 22.7. The molecule has 0 spiro atoms. The van der Waals surface area contributed by atoms with E-state index in [9.17, 15) is 0 Å². The minimum Gasteiger partial charge on any atom is -0.378 e. The lowest BCUT2D eigenvalue weighted by Crippen LogP contribution is -2.60. The van der Waals surface area contributed by atoms with Crippen molar-refractivity contribution < 1.29 is 23.7 Å². The van der Waals surface area contributed by atoms with Gasteiger partial charge in [0.15, 0.2) is 0 Å². The molecule has 40 fully saturated rings.